The second-order valence-corrected chi connectivity index (χ2v) is 17.3. The van der Waals surface area contributed by atoms with Crippen molar-refractivity contribution in [3.8, 4) is 33.4 Å². The minimum Gasteiger partial charge on any atom is -0.0654 e. The zero-order valence-corrected chi connectivity index (χ0v) is 35.1. The first-order valence-corrected chi connectivity index (χ1v) is 22.5. The third-order valence-corrected chi connectivity index (χ3v) is 12.7. The van der Waals surface area contributed by atoms with Gasteiger partial charge in [0.1, 0.15) is 0 Å². The lowest BCUT2D eigenvalue weighted by Gasteiger charge is -2.33. The highest BCUT2D eigenvalue weighted by molar-refractivity contribution is 9.10. The normalized spacial score (nSPS) is 13.0. The Morgan fingerprint density at radius 3 is 0.980 bits per heavy atom. The molecule has 5 rings (SSSR count). The molecular formula is C49H64Br2. The van der Waals surface area contributed by atoms with Crippen molar-refractivity contribution in [2.75, 3.05) is 0 Å². The van der Waals surface area contributed by atoms with Crippen LogP contribution in [0, 0.1) is 0 Å². The molecule has 0 fully saturated rings. The maximum atomic E-state index is 3.66. The third-order valence-electron chi connectivity index (χ3n) is 11.6. The molecule has 4 aromatic carbocycles. The molecule has 0 aromatic heterocycles. The summed E-state index contributed by atoms with van der Waals surface area (Å²) in [7, 11) is 0. The van der Waals surface area contributed by atoms with Crippen molar-refractivity contribution in [1.82, 2.24) is 0 Å². The summed E-state index contributed by atoms with van der Waals surface area (Å²) in [6.07, 6.45) is 30.1. The Balaban J connectivity index is 1.40. The first kappa shape index (κ1) is 40.0. The number of unbranched alkanes of at least 4 members (excludes halogenated alkanes) is 18. The van der Waals surface area contributed by atoms with Crippen LogP contribution in [0.3, 0.4) is 0 Å². The molecule has 0 N–H and O–H groups in total. The van der Waals surface area contributed by atoms with Gasteiger partial charge in [-0.1, -0.05) is 223 Å². The van der Waals surface area contributed by atoms with Crippen LogP contribution in [0.1, 0.15) is 166 Å². The number of hydrogen-bond acceptors (Lipinski definition) is 0. The Kier molecular flexibility index (Phi) is 16.9. The highest BCUT2D eigenvalue weighted by Crippen LogP contribution is 2.55. The molecule has 0 radical (unpaired) electrons. The van der Waals surface area contributed by atoms with E-state index in [0.717, 1.165) is 8.95 Å². The van der Waals surface area contributed by atoms with Crippen LogP contribution in [0.25, 0.3) is 33.4 Å². The molecule has 4 aromatic rings. The van der Waals surface area contributed by atoms with Crippen LogP contribution in [0.2, 0.25) is 0 Å². The number of benzene rings is 4. The molecular weight excluding hydrogens is 748 g/mol. The minimum atomic E-state index is 0.0573. The smallest absolute Gasteiger partial charge is 0.0215 e. The molecule has 0 saturated heterocycles. The Bertz CT molecular complexity index is 1460. The van der Waals surface area contributed by atoms with Crippen LogP contribution in [0.4, 0.5) is 0 Å². The Morgan fingerprint density at radius 1 is 0.353 bits per heavy atom. The molecule has 0 saturated carbocycles. The van der Waals surface area contributed by atoms with Crippen molar-refractivity contribution in [2.24, 2.45) is 0 Å². The van der Waals surface area contributed by atoms with Crippen LogP contribution in [0.15, 0.2) is 93.9 Å². The summed E-state index contributed by atoms with van der Waals surface area (Å²) in [4.78, 5) is 0. The number of hydrogen-bond donors (Lipinski definition) is 0. The molecule has 274 valence electrons. The Labute approximate surface area is 328 Å². The maximum absolute atomic E-state index is 3.66. The molecule has 0 atom stereocenters. The summed E-state index contributed by atoms with van der Waals surface area (Å²) < 4.78 is 2.27. The van der Waals surface area contributed by atoms with Gasteiger partial charge >= 0.3 is 0 Å². The molecule has 0 spiro atoms. The lowest BCUT2D eigenvalue weighted by atomic mass is 9.70. The van der Waals surface area contributed by atoms with Crippen LogP contribution in [-0.2, 0) is 5.41 Å². The number of fused-ring (bicyclic) bond motifs is 3. The van der Waals surface area contributed by atoms with Gasteiger partial charge in [0.25, 0.3) is 0 Å². The lowest BCUT2D eigenvalue weighted by molar-refractivity contribution is 0.397. The SMILES string of the molecule is CCCCCCCCCCCCC1(CCCCCCCCCCCC)c2cc(-c3ccc(Br)cc3)ccc2-c2ccc(-c3ccc(Br)cc3)cc21. The fourth-order valence-electron chi connectivity index (χ4n) is 8.63. The van der Waals surface area contributed by atoms with E-state index in [1.165, 1.54) is 175 Å². The van der Waals surface area contributed by atoms with Crippen LogP contribution in [0.5, 0.6) is 0 Å². The van der Waals surface area contributed by atoms with E-state index in [-0.39, 0.29) is 5.41 Å². The quantitative estimate of drug-likeness (QED) is 0.0618. The van der Waals surface area contributed by atoms with Gasteiger partial charge in [0.15, 0.2) is 0 Å². The van der Waals surface area contributed by atoms with Crippen molar-refractivity contribution in [3.63, 3.8) is 0 Å². The molecule has 1 aliphatic rings. The van der Waals surface area contributed by atoms with Gasteiger partial charge in [0.05, 0.1) is 0 Å². The Morgan fingerprint density at radius 2 is 0.647 bits per heavy atom. The van der Waals surface area contributed by atoms with Gasteiger partial charge in [-0.3, -0.25) is 0 Å². The topological polar surface area (TPSA) is 0 Å². The minimum absolute atomic E-state index is 0.0573. The van der Waals surface area contributed by atoms with Gasteiger partial charge in [-0.25, -0.2) is 0 Å². The molecule has 51 heavy (non-hydrogen) atoms. The zero-order valence-electron chi connectivity index (χ0n) is 31.9. The fraction of sp³-hybridized carbons (Fsp3) is 0.510. The van der Waals surface area contributed by atoms with Crippen molar-refractivity contribution in [2.45, 2.75) is 161 Å². The first-order valence-electron chi connectivity index (χ1n) is 20.9. The number of rotatable bonds is 24. The summed E-state index contributed by atoms with van der Waals surface area (Å²) in [6, 6.07) is 32.6. The third kappa shape index (κ3) is 11.4. The van der Waals surface area contributed by atoms with Crippen molar-refractivity contribution >= 4 is 31.9 Å². The predicted molar refractivity (Wildman–Crippen MR) is 232 cm³/mol. The van der Waals surface area contributed by atoms with E-state index in [0.29, 0.717) is 0 Å². The van der Waals surface area contributed by atoms with E-state index >= 15 is 0 Å². The van der Waals surface area contributed by atoms with E-state index < -0.39 is 0 Å². The first-order chi connectivity index (χ1) is 25.1. The van der Waals surface area contributed by atoms with Gasteiger partial charge in [-0.05, 0) is 93.7 Å². The summed E-state index contributed by atoms with van der Waals surface area (Å²) in [5.74, 6) is 0. The predicted octanol–water partition coefficient (Wildman–Crippen LogP) is 17.4. The standard InChI is InChI=1S/C49H64Br2/c1-3-5-7-9-11-13-15-17-19-21-35-49(36-22-20-18-16-14-12-10-8-6-4-2)47-37-41(39-23-29-43(50)30-24-39)27-33-45(47)46-34-28-42(38-48(46)49)40-25-31-44(51)32-26-40/h23-34,37-38H,3-22,35-36H2,1-2H3. The van der Waals surface area contributed by atoms with Crippen molar-refractivity contribution in [1.29, 1.82) is 0 Å². The average molecular weight is 813 g/mol. The molecule has 0 heterocycles. The van der Waals surface area contributed by atoms with E-state index in [4.69, 9.17) is 0 Å². The highest BCUT2D eigenvalue weighted by atomic mass is 79.9. The molecule has 0 bridgehead atoms. The van der Waals surface area contributed by atoms with E-state index in [2.05, 4.69) is 131 Å². The molecule has 0 unspecified atom stereocenters. The van der Waals surface area contributed by atoms with Crippen molar-refractivity contribution in [3.05, 3.63) is 105 Å². The number of halogens is 2. The summed E-state index contributed by atoms with van der Waals surface area (Å²) in [6.45, 7) is 4.63. The van der Waals surface area contributed by atoms with E-state index in [1.54, 1.807) is 11.1 Å². The highest BCUT2D eigenvalue weighted by Gasteiger charge is 2.42. The van der Waals surface area contributed by atoms with Gasteiger partial charge in [0, 0.05) is 14.4 Å². The monoisotopic (exact) mass is 810 g/mol. The zero-order chi connectivity index (χ0) is 35.7. The van der Waals surface area contributed by atoms with E-state index in [1.807, 2.05) is 0 Å². The second kappa shape index (κ2) is 21.5. The Hall–Kier alpha value is -2.16. The van der Waals surface area contributed by atoms with Crippen LogP contribution < -0.4 is 0 Å². The largest absolute Gasteiger partial charge is 0.0654 e. The summed E-state index contributed by atoms with van der Waals surface area (Å²) >= 11 is 7.32. The molecule has 0 amide bonds. The molecule has 0 aliphatic heterocycles. The van der Waals surface area contributed by atoms with Crippen molar-refractivity contribution < 1.29 is 0 Å². The summed E-state index contributed by atoms with van der Waals surface area (Å²) in [5, 5.41) is 0. The lowest BCUT2D eigenvalue weighted by Crippen LogP contribution is -2.25. The summed E-state index contributed by atoms with van der Waals surface area (Å²) in [5.41, 5.74) is 11.5. The average Bonchev–Trinajstić information content (AvgIpc) is 3.42. The molecule has 1 aliphatic carbocycles. The van der Waals surface area contributed by atoms with Crippen LogP contribution in [-0.4, -0.2) is 0 Å². The van der Waals surface area contributed by atoms with Gasteiger partial charge < -0.3 is 0 Å². The second-order valence-electron chi connectivity index (χ2n) is 15.5. The van der Waals surface area contributed by atoms with Crippen LogP contribution >= 0.6 is 31.9 Å². The maximum Gasteiger partial charge on any atom is 0.0215 e. The van der Waals surface area contributed by atoms with Gasteiger partial charge in [-0.15, -0.1) is 0 Å². The molecule has 2 heteroatoms. The van der Waals surface area contributed by atoms with Gasteiger partial charge in [-0.2, -0.15) is 0 Å². The fourth-order valence-corrected chi connectivity index (χ4v) is 9.16. The van der Waals surface area contributed by atoms with E-state index in [9.17, 15) is 0 Å². The molecule has 0 nitrogen and oxygen atoms in total. The van der Waals surface area contributed by atoms with Gasteiger partial charge in [0.2, 0.25) is 0 Å².